The van der Waals surface area contributed by atoms with E-state index in [0.717, 1.165) is 5.56 Å². The summed E-state index contributed by atoms with van der Waals surface area (Å²) < 4.78 is 31.3. The van der Waals surface area contributed by atoms with E-state index in [1.807, 2.05) is 71.8 Å². The Balaban J connectivity index is 1.77. The molecule has 0 spiro atoms. The van der Waals surface area contributed by atoms with Crippen molar-refractivity contribution in [3.63, 3.8) is 0 Å². The van der Waals surface area contributed by atoms with Crippen molar-refractivity contribution in [2.24, 2.45) is 17.8 Å². The maximum absolute atomic E-state index is 14.6. The van der Waals surface area contributed by atoms with Crippen LogP contribution in [0.2, 0.25) is 0 Å². The molecule has 1 aromatic rings. The number of hydrazine groups is 1. The first-order valence-electron chi connectivity index (χ1n) is 18.5. The van der Waals surface area contributed by atoms with Gasteiger partial charge in [-0.15, -0.1) is 0 Å². The number of esters is 1. The van der Waals surface area contributed by atoms with Crippen LogP contribution in [-0.2, 0) is 46.4 Å². The van der Waals surface area contributed by atoms with Gasteiger partial charge in [0.15, 0.2) is 11.9 Å². The zero-order valence-electron chi connectivity index (χ0n) is 32.8. The van der Waals surface area contributed by atoms with Gasteiger partial charge in [-0.25, -0.2) is 20.0 Å². The van der Waals surface area contributed by atoms with E-state index in [0.29, 0.717) is 24.0 Å². The summed E-state index contributed by atoms with van der Waals surface area (Å²) in [7, 11) is 5.37. The average Bonchev–Trinajstić information content (AvgIpc) is 3.37. The summed E-state index contributed by atoms with van der Waals surface area (Å²) in [5.41, 5.74) is 2.46. The molecule has 52 heavy (non-hydrogen) atoms. The number of aliphatic hydroxyl groups is 2. The Kier molecular flexibility index (Phi) is 13.7. The third-order valence-corrected chi connectivity index (χ3v) is 11.4. The Bertz CT molecular complexity index is 1450. The van der Waals surface area contributed by atoms with Crippen LogP contribution in [0.1, 0.15) is 85.8 Å². The Morgan fingerprint density at radius 1 is 1.08 bits per heavy atom. The average molecular weight is 732 g/mol. The van der Waals surface area contributed by atoms with Crippen molar-refractivity contribution in [1.82, 2.24) is 15.3 Å². The van der Waals surface area contributed by atoms with Crippen LogP contribution >= 0.6 is 0 Å². The Labute approximate surface area is 308 Å². The molecule has 3 N–H and O–H groups in total. The highest BCUT2D eigenvalue weighted by Gasteiger charge is 2.60. The molecular weight excluding hydrogens is 670 g/mol. The number of hydrogen-bond donors (Lipinski definition) is 3. The number of Topliss-reactive ketones (excluding diaryl/α,β-unsaturated/α-hetero) is 1. The molecule has 0 saturated carbocycles. The first-order valence-corrected chi connectivity index (χ1v) is 18.5. The monoisotopic (exact) mass is 731 g/mol. The zero-order chi connectivity index (χ0) is 38.7. The quantitative estimate of drug-likeness (QED) is 0.313. The number of fused-ring (bicyclic) bond motifs is 1. The lowest BCUT2D eigenvalue weighted by Gasteiger charge is -2.46. The highest BCUT2D eigenvalue weighted by atomic mass is 16.7. The molecule has 13 nitrogen and oxygen atoms in total. The van der Waals surface area contributed by atoms with Crippen LogP contribution in [0.25, 0.3) is 0 Å². The second-order valence-electron chi connectivity index (χ2n) is 15.6. The number of carbonyl (C=O) groups is 3. The minimum Gasteiger partial charge on any atom is -0.455 e. The number of nitrogens with zero attached hydrogens (tertiary/aromatic N) is 2. The van der Waals surface area contributed by atoms with E-state index in [9.17, 15) is 24.6 Å². The molecule has 2 fully saturated rings. The number of benzene rings is 1. The molecule has 4 rings (SSSR count). The lowest BCUT2D eigenvalue weighted by molar-refractivity contribution is -0.294. The smallest absolute Gasteiger partial charge is 0.425 e. The standard InChI is InChI=1S/C39H61N3O10/c1-12-30-39(8)33(42(37(47)52-39)40-20-27-15-13-14-16-28(27)21-43)26(6)31(44)24(4)19-38(7,48-11)34(22(2)17-23(3)35(46)50-30)51-36-32(45)29(41(9)10)18-25(5)49-36/h13-17,22,24-26,29-30,32-34,36,40,43,45H,12,18-21H2,1-11H3/b23-17+/t22-,24+,25+,26-,29-,30+,32+,33+,34+,36-,38+,39+/m0/s1. The molecule has 13 heteroatoms. The number of likely N-dealkylation sites (N-methyl/N-ethyl adjacent to an activating group) is 1. The van der Waals surface area contributed by atoms with Gasteiger partial charge in [0, 0.05) is 43.0 Å². The molecule has 12 atom stereocenters. The summed E-state index contributed by atoms with van der Waals surface area (Å²) in [6.45, 7) is 14.5. The van der Waals surface area contributed by atoms with Crippen molar-refractivity contribution in [2.75, 3.05) is 21.2 Å². The van der Waals surface area contributed by atoms with Crippen molar-refractivity contribution in [3.05, 3.63) is 47.0 Å². The number of cyclic esters (lactones) is 1. The van der Waals surface area contributed by atoms with Crippen molar-refractivity contribution in [3.8, 4) is 0 Å². The third-order valence-electron chi connectivity index (χ3n) is 11.4. The predicted octanol–water partition coefficient (Wildman–Crippen LogP) is 4.13. The summed E-state index contributed by atoms with van der Waals surface area (Å²) in [5.74, 6) is -2.58. The van der Waals surface area contributed by atoms with E-state index in [2.05, 4.69) is 5.43 Å². The summed E-state index contributed by atoms with van der Waals surface area (Å²) in [5, 5.41) is 22.6. The van der Waals surface area contributed by atoms with Crippen LogP contribution < -0.4 is 5.43 Å². The summed E-state index contributed by atoms with van der Waals surface area (Å²) >= 11 is 0. The molecule has 3 aliphatic rings. The van der Waals surface area contributed by atoms with Gasteiger partial charge in [-0.2, -0.15) is 0 Å². The van der Waals surface area contributed by atoms with Crippen molar-refractivity contribution in [1.29, 1.82) is 0 Å². The molecule has 3 aliphatic heterocycles. The number of nitrogens with one attached hydrogen (secondary N) is 1. The Morgan fingerprint density at radius 3 is 2.33 bits per heavy atom. The lowest BCUT2D eigenvalue weighted by Crippen LogP contribution is -2.60. The first-order chi connectivity index (χ1) is 24.4. The van der Waals surface area contributed by atoms with Crippen LogP contribution in [0.15, 0.2) is 35.9 Å². The molecule has 1 amide bonds. The van der Waals surface area contributed by atoms with E-state index in [4.69, 9.17) is 23.7 Å². The first kappa shape index (κ1) is 41.8. The Hall–Kier alpha value is -2.91. The number of hydrogen-bond acceptors (Lipinski definition) is 12. The van der Waals surface area contributed by atoms with E-state index in [-0.39, 0.29) is 37.5 Å². The topological polar surface area (TPSA) is 156 Å². The van der Waals surface area contributed by atoms with Crippen molar-refractivity contribution < 1.29 is 48.3 Å². The third kappa shape index (κ3) is 8.56. The van der Waals surface area contributed by atoms with Crippen LogP contribution in [0.5, 0.6) is 0 Å². The summed E-state index contributed by atoms with van der Waals surface area (Å²) in [6, 6.07) is 6.22. The van der Waals surface area contributed by atoms with E-state index in [1.165, 1.54) is 5.01 Å². The van der Waals surface area contributed by atoms with Crippen LogP contribution in [-0.4, -0.2) is 113 Å². The maximum atomic E-state index is 14.6. The number of aliphatic hydroxyl groups excluding tert-OH is 2. The second kappa shape index (κ2) is 17.0. The van der Waals surface area contributed by atoms with Crippen molar-refractivity contribution >= 4 is 17.8 Å². The van der Waals surface area contributed by atoms with Crippen LogP contribution in [0.4, 0.5) is 4.79 Å². The lowest BCUT2D eigenvalue weighted by atomic mass is 9.74. The number of amides is 1. The summed E-state index contributed by atoms with van der Waals surface area (Å²) in [6.07, 6.45) is -1.61. The molecule has 0 unspecified atom stereocenters. The van der Waals surface area contributed by atoms with Gasteiger partial charge in [0.05, 0.1) is 24.4 Å². The highest BCUT2D eigenvalue weighted by molar-refractivity contribution is 5.88. The fraction of sp³-hybridized carbons (Fsp3) is 0.718. The fourth-order valence-electron chi connectivity index (χ4n) is 8.49. The number of ether oxygens (including phenoxy) is 5. The molecule has 0 aromatic heterocycles. The van der Waals surface area contributed by atoms with Crippen LogP contribution in [0.3, 0.4) is 0 Å². The van der Waals surface area contributed by atoms with Gasteiger partial charge in [0.1, 0.15) is 24.0 Å². The van der Waals surface area contributed by atoms with Gasteiger partial charge in [0.2, 0.25) is 0 Å². The Morgan fingerprint density at radius 2 is 1.73 bits per heavy atom. The number of carbonyl (C=O) groups excluding carboxylic acids is 3. The number of ketones is 1. The van der Waals surface area contributed by atoms with E-state index < -0.39 is 71.7 Å². The predicted molar refractivity (Wildman–Crippen MR) is 193 cm³/mol. The molecule has 2 saturated heterocycles. The van der Waals surface area contributed by atoms with Gasteiger partial charge in [-0.05, 0) is 72.2 Å². The van der Waals surface area contributed by atoms with Crippen molar-refractivity contribution in [2.45, 2.75) is 142 Å². The molecule has 3 heterocycles. The fourth-order valence-corrected chi connectivity index (χ4v) is 8.49. The minimum absolute atomic E-state index is 0.146. The molecule has 0 bridgehead atoms. The van der Waals surface area contributed by atoms with Gasteiger partial charge < -0.3 is 38.8 Å². The highest BCUT2D eigenvalue weighted by Crippen LogP contribution is 2.42. The molecule has 292 valence electrons. The summed E-state index contributed by atoms with van der Waals surface area (Å²) in [4.78, 5) is 44.1. The minimum atomic E-state index is -1.40. The van der Waals surface area contributed by atoms with E-state index >= 15 is 0 Å². The normalized spacial score (nSPS) is 39.0. The number of rotatable bonds is 9. The van der Waals surface area contributed by atoms with Gasteiger partial charge in [-0.1, -0.05) is 58.0 Å². The molecule has 0 aliphatic carbocycles. The van der Waals surface area contributed by atoms with E-state index in [1.54, 1.807) is 40.0 Å². The molecular formula is C39H61N3O10. The maximum Gasteiger partial charge on any atom is 0.425 e. The van der Waals surface area contributed by atoms with Crippen LogP contribution in [0, 0.1) is 17.8 Å². The number of methoxy groups -OCH3 is 1. The van der Waals surface area contributed by atoms with Gasteiger partial charge in [-0.3, -0.25) is 4.79 Å². The molecule has 0 radical (unpaired) electrons. The SMILES string of the molecule is CC[C@H]1OC(=O)/C(C)=C/[C@H](C)[C@@H](O[C@@H]2O[C@H](C)C[C@H](N(C)C)[C@H]2O)[C@](C)(OC)C[C@@H](C)C(=O)[C@H](C)[C@H]2N(NCc3ccccc3CO)C(=O)O[C@]12C. The largest absolute Gasteiger partial charge is 0.455 e. The second-order valence-corrected chi connectivity index (χ2v) is 15.6. The zero-order valence-corrected chi connectivity index (χ0v) is 32.8. The molecule has 1 aromatic carbocycles. The van der Waals surface area contributed by atoms with Gasteiger partial charge in [0.25, 0.3) is 0 Å². The van der Waals surface area contributed by atoms with Gasteiger partial charge >= 0.3 is 12.1 Å².